The van der Waals surface area contributed by atoms with Crippen LogP contribution in [0, 0.1) is 12.3 Å². The van der Waals surface area contributed by atoms with Gasteiger partial charge in [0.05, 0.1) is 6.54 Å². The molecule has 3 rings (SSSR count). The third kappa shape index (κ3) is 3.63. The van der Waals surface area contributed by atoms with E-state index in [1.165, 1.54) is 24.8 Å². The van der Waals surface area contributed by atoms with Gasteiger partial charge in [0.25, 0.3) is 0 Å². The van der Waals surface area contributed by atoms with Crippen LogP contribution in [0.4, 0.5) is 5.69 Å². The van der Waals surface area contributed by atoms with Crippen molar-refractivity contribution in [3.63, 3.8) is 0 Å². The summed E-state index contributed by atoms with van der Waals surface area (Å²) in [6, 6.07) is 7.97. The fraction of sp³-hybridized carbons (Fsp3) is 0.588. The first kappa shape index (κ1) is 14.5. The lowest BCUT2D eigenvalue weighted by Crippen LogP contribution is -2.40. The lowest BCUT2D eigenvalue weighted by Gasteiger charge is -2.33. The fourth-order valence-electron chi connectivity index (χ4n) is 3.57. The van der Waals surface area contributed by atoms with Gasteiger partial charge in [-0.25, -0.2) is 0 Å². The van der Waals surface area contributed by atoms with Crippen LogP contribution in [0.25, 0.3) is 0 Å². The molecule has 2 aliphatic heterocycles. The summed E-state index contributed by atoms with van der Waals surface area (Å²) in [5, 5.41) is 6.43. The minimum absolute atomic E-state index is 0.102. The second kappa shape index (κ2) is 6.16. The zero-order chi connectivity index (χ0) is 14.7. The molecule has 1 amide bonds. The maximum Gasteiger partial charge on any atom is 0.238 e. The highest BCUT2D eigenvalue weighted by atomic mass is 16.2. The Morgan fingerprint density at radius 3 is 2.67 bits per heavy atom. The van der Waals surface area contributed by atoms with E-state index in [-0.39, 0.29) is 5.91 Å². The van der Waals surface area contributed by atoms with Crippen LogP contribution < -0.4 is 10.6 Å². The molecule has 2 N–H and O–H groups in total. The molecule has 1 aromatic carbocycles. The van der Waals surface area contributed by atoms with Gasteiger partial charge in [0.15, 0.2) is 0 Å². The summed E-state index contributed by atoms with van der Waals surface area (Å²) in [4.78, 5) is 14.5. The number of aryl methyl sites for hydroxylation is 1. The van der Waals surface area contributed by atoms with Crippen LogP contribution in [0.2, 0.25) is 0 Å². The minimum Gasteiger partial charge on any atom is -0.325 e. The summed E-state index contributed by atoms with van der Waals surface area (Å²) in [6.45, 7) is 6.96. The molecule has 2 heterocycles. The molecule has 2 saturated heterocycles. The van der Waals surface area contributed by atoms with Crippen LogP contribution in [-0.2, 0) is 4.79 Å². The second-order valence-corrected chi connectivity index (χ2v) is 6.62. The van der Waals surface area contributed by atoms with E-state index >= 15 is 0 Å². The Bertz CT molecular complexity index is 491. The Balaban J connectivity index is 1.50. The lowest BCUT2D eigenvalue weighted by molar-refractivity contribution is -0.117. The average Bonchev–Trinajstić information content (AvgIpc) is 2.84. The first-order valence-corrected chi connectivity index (χ1v) is 7.95. The van der Waals surface area contributed by atoms with Gasteiger partial charge in [-0.15, -0.1) is 0 Å². The molecule has 0 aromatic heterocycles. The summed E-state index contributed by atoms with van der Waals surface area (Å²) in [5.41, 5.74) is 2.57. The van der Waals surface area contributed by atoms with Crippen LogP contribution in [0.15, 0.2) is 24.3 Å². The molecule has 0 radical (unpaired) electrons. The normalized spacial score (nSPS) is 21.6. The Kier molecular flexibility index (Phi) is 4.27. The second-order valence-electron chi connectivity index (χ2n) is 6.62. The maximum absolute atomic E-state index is 12.2. The molecule has 0 saturated carbocycles. The van der Waals surface area contributed by atoms with Crippen LogP contribution in [-0.4, -0.2) is 43.5 Å². The monoisotopic (exact) mass is 287 g/mol. The van der Waals surface area contributed by atoms with E-state index in [9.17, 15) is 4.79 Å². The Hall–Kier alpha value is -1.39. The number of hydrogen-bond donors (Lipinski definition) is 2. The van der Waals surface area contributed by atoms with Crippen molar-refractivity contribution in [3.05, 3.63) is 29.8 Å². The van der Waals surface area contributed by atoms with Crippen molar-refractivity contribution in [2.75, 3.05) is 38.0 Å². The van der Waals surface area contributed by atoms with E-state index in [1.54, 1.807) is 0 Å². The van der Waals surface area contributed by atoms with Gasteiger partial charge in [0.1, 0.15) is 0 Å². The number of amides is 1. The molecule has 0 atom stereocenters. The molecule has 2 fully saturated rings. The Labute approximate surface area is 126 Å². The number of anilines is 1. The first-order chi connectivity index (χ1) is 10.2. The molecule has 1 aromatic rings. The van der Waals surface area contributed by atoms with Gasteiger partial charge in [-0.05, 0) is 63.4 Å². The van der Waals surface area contributed by atoms with Crippen molar-refractivity contribution >= 4 is 11.6 Å². The number of nitrogens with one attached hydrogen (secondary N) is 2. The van der Waals surface area contributed by atoms with Crippen LogP contribution in [0.5, 0.6) is 0 Å². The largest absolute Gasteiger partial charge is 0.325 e. The van der Waals surface area contributed by atoms with E-state index < -0.39 is 0 Å². The standard InChI is InChI=1S/C17H25N3O/c1-14-2-4-15(5-3-14)19-16(21)12-20-11-8-17(13-20)6-9-18-10-7-17/h2-5,18H,6-13H2,1H3,(H,19,21). The molecule has 21 heavy (non-hydrogen) atoms. The molecular formula is C17H25N3O. The molecular weight excluding hydrogens is 262 g/mol. The smallest absolute Gasteiger partial charge is 0.238 e. The van der Waals surface area contributed by atoms with Crippen molar-refractivity contribution in [1.82, 2.24) is 10.2 Å². The average molecular weight is 287 g/mol. The van der Waals surface area contributed by atoms with Gasteiger partial charge >= 0.3 is 0 Å². The van der Waals surface area contributed by atoms with Gasteiger partial charge in [0.2, 0.25) is 5.91 Å². The predicted octanol–water partition coefficient (Wildman–Crippen LogP) is 2.01. The predicted molar refractivity (Wildman–Crippen MR) is 85.4 cm³/mol. The molecule has 0 aliphatic carbocycles. The number of carbonyl (C=O) groups is 1. The maximum atomic E-state index is 12.2. The number of piperidine rings is 1. The van der Waals surface area contributed by atoms with Gasteiger partial charge in [-0.3, -0.25) is 9.69 Å². The van der Waals surface area contributed by atoms with Gasteiger partial charge < -0.3 is 10.6 Å². The lowest BCUT2D eigenvalue weighted by atomic mass is 9.78. The number of carbonyl (C=O) groups excluding carboxylic acids is 1. The summed E-state index contributed by atoms with van der Waals surface area (Å²) in [7, 11) is 0. The van der Waals surface area contributed by atoms with Crippen molar-refractivity contribution in [2.24, 2.45) is 5.41 Å². The molecule has 1 spiro atoms. The van der Waals surface area contributed by atoms with Crippen molar-refractivity contribution in [1.29, 1.82) is 0 Å². The highest BCUT2D eigenvalue weighted by Crippen LogP contribution is 2.38. The van der Waals surface area contributed by atoms with Crippen molar-refractivity contribution < 1.29 is 4.79 Å². The number of nitrogens with zero attached hydrogens (tertiary/aromatic N) is 1. The molecule has 114 valence electrons. The van der Waals surface area contributed by atoms with Gasteiger partial charge in [-0.2, -0.15) is 0 Å². The summed E-state index contributed by atoms with van der Waals surface area (Å²) in [6.07, 6.45) is 3.75. The summed E-state index contributed by atoms with van der Waals surface area (Å²) >= 11 is 0. The van der Waals surface area contributed by atoms with Crippen LogP contribution >= 0.6 is 0 Å². The fourth-order valence-corrected chi connectivity index (χ4v) is 3.57. The summed E-state index contributed by atoms with van der Waals surface area (Å²) in [5.74, 6) is 0.102. The number of benzene rings is 1. The third-order valence-electron chi connectivity index (χ3n) is 4.88. The zero-order valence-corrected chi connectivity index (χ0v) is 12.8. The highest BCUT2D eigenvalue weighted by molar-refractivity contribution is 5.92. The molecule has 0 bridgehead atoms. The minimum atomic E-state index is 0.102. The van der Waals surface area contributed by atoms with E-state index in [1.807, 2.05) is 31.2 Å². The van der Waals surface area contributed by atoms with E-state index in [2.05, 4.69) is 15.5 Å². The molecule has 4 nitrogen and oxygen atoms in total. The first-order valence-electron chi connectivity index (χ1n) is 7.95. The van der Waals surface area contributed by atoms with Gasteiger partial charge in [-0.1, -0.05) is 17.7 Å². The van der Waals surface area contributed by atoms with E-state index in [0.717, 1.165) is 31.9 Å². The number of hydrogen-bond acceptors (Lipinski definition) is 3. The van der Waals surface area contributed by atoms with Crippen molar-refractivity contribution in [3.8, 4) is 0 Å². The van der Waals surface area contributed by atoms with Gasteiger partial charge in [0, 0.05) is 12.2 Å². The molecule has 0 unspecified atom stereocenters. The summed E-state index contributed by atoms with van der Waals surface area (Å²) < 4.78 is 0. The zero-order valence-electron chi connectivity index (χ0n) is 12.8. The SMILES string of the molecule is Cc1ccc(NC(=O)CN2CCC3(CCNCC3)C2)cc1. The Morgan fingerprint density at radius 2 is 1.95 bits per heavy atom. The third-order valence-corrected chi connectivity index (χ3v) is 4.88. The van der Waals surface area contributed by atoms with Crippen molar-refractivity contribution in [2.45, 2.75) is 26.2 Å². The quantitative estimate of drug-likeness (QED) is 0.894. The molecule has 2 aliphatic rings. The Morgan fingerprint density at radius 1 is 1.24 bits per heavy atom. The van der Waals surface area contributed by atoms with E-state index in [0.29, 0.717) is 12.0 Å². The van der Waals surface area contributed by atoms with Crippen LogP contribution in [0.3, 0.4) is 0 Å². The highest BCUT2D eigenvalue weighted by Gasteiger charge is 2.39. The molecule has 4 heteroatoms. The number of rotatable bonds is 3. The van der Waals surface area contributed by atoms with E-state index in [4.69, 9.17) is 0 Å². The number of likely N-dealkylation sites (tertiary alicyclic amines) is 1. The van der Waals surface area contributed by atoms with Crippen LogP contribution in [0.1, 0.15) is 24.8 Å². The topological polar surface area (TPSA) is 44.4 Å².